The molecule has 2 fully saturated rings. The summed E-state index contributed by atoms with van der Waals surface area (Å²) < 4.78 is 6.66. The Balaban J connectivity index is 1.94. The number of amides is 1. The summed E-state index contributed by atoms with van der Waals surface area (Å²) >= 11 is 0. The Bertz CT molecular complexity index is 677. The van der Waals surface area contributed by atoms with E-state index in [1.807, 2.05) is 0 Å². The van der Waals surface area contributed by atoms with Gasteiger partial charge in [-0.05, 0) is 66.2 Å². The van der Waals surface area contributed by atoms with Crippen molar-refractivity contribution in [2.24, 2.45) is 0 Å². The number of carbonyl (C=O) groups excluding carboxylic acids is 1. The SMILES string of the molecule is CC(C)c1cc(C(C)C)c([C@@H](C)O[C@H]2CC(=O)N3CCCC[C@@H]23)c(C(C)C)c1. The van der Waals surface area contributed by atoms with Crippen molar-refractivity contribution in [1.82, 2.24) is 4.90 Å². The third-order valence-corrected chi connectivity index (χ3v) is 6.64. The van der Waals surface area contributed by atoms with Gasteiger partial charge in [-0.15, -0.1) is 0 Å². The topological polar surface area (TPSA) is 29.5 Å². The van der Waals surface area contributed by atoms with Crippen LogP contribution in [0.3, 0.4) is 0 Å². The minimum Gasteiger partial charge on any atom is -0.368 e. The fraction of sp³-hybridized carbons (Fsp3) is 0.720. The number of fused-ring (bicyclic) bond motifs is 1. The van der Waals surface area contributed by atoms with Crippen LogP contribution in [0, 0.1) is 0 Å². The molecule has 0 saturated carbocycles. The third kappa shape index (κ3) is 4.15. The summed E-state index contributed by atoms with van der Waals surface area (Å²) in [6.07, 6.45) is 4.02. The number of hydrogen-bond donors (Lipinski definition) is 0. The van der Waals surface area contributed by atoms with Crippen LogP contribution < -0.4 is 0 Å². The molecule has 0 radical (unpaired) electrons. The Labute approximate surface area is 171 Å². The highest BCUT2D eigenvalue weighted by atomic mass is 16.5. The lowest BCUT2D eigenvalue weighted by molar-refractivity contribution is -0.129. The summed E-state index contributed by atoms with van der Waals surface area (Å²) in [6.45, 7) is 16.8. The van der Waals surface area contributed by atoms with Crippen molar-refractivity contribution in [3.63, 3.8) is 0 Å². The number of carbonyl (C=O) groups is 1. The van der Waals surface area contributed by atoms with Crippen molar-refractivity contribution >= 4 is 5.91 Å². The lowest BCUT2D eigenvalue weighted by atomic mass is 9.82. The van der Waals surface area contributed by atoms with Gasteiger partial charge < -0.3 is 9.64 Å². The first-order valence-electron chi connectivity index (χ1n) is 11.3. The average molecular weight is 386 g/mol. The van der Waals surface area contributed by atoms with Gasteiger partial charge in [-0.1, -0.05) is 53.7 Å². The van der Waals surface area contributed by atoms with Crippen LogP contribution in [0.15, 0.2) is 12.1 Å². The molecule has 28 heavy (non-hydrogen) atoms. The van der Waals surface area contributed by atoms with Gasteiger partial charge in [0, 0.05) is 6.54 Å². The number of hydrogen-bond acceptors (Lipinski definition) is 2. The molecule has 0 unspecified atom stereocenters. The molecule has 156 valence electrons. The molecule has 2 saturated heterocycles. The molecule has 2 heterocycles. The highest BCUT2D eigenvalue weighted by molar-refractivity contribution is 5.80. The number of ether oxygens (including phenoxy) is 1. The maximum atomic E-state index is 12.5. The van der Waals surface area contributed by atoms with Crippen molar-refractivity contribution in [2.75, 3.05) is 6.54 Å². The Kier molecular flexibility index (Phi) is 6.54. The number of piperidine rings is 1. The Hall–Kier alpha value is -1.35. The second kappa shape index (κ2) is 8.57. The van der Waals surface area contributed by atoms with Crippen molar-refractivity contribution in [3.8, 4) is 0 Å². The number of nitrogens with zero attached hydrogens (tertiary/aromatic N) is 1. The normalized spacial score (nSPS) is 23.8. The molecule has 0 spiro atoms. The molecule has 3 atom stereocenters. The Morgan fingerprint density at radius 1 is 0.929 bits per heavy atom. The zero-order chi connectivity index (χ0) is 20.6. The average Bonchev–Trinajstić information content (AvgIpc) is 2.96. The Morgan fingerprint density at radius 3 is 2.07 bits per heavy atom. The summed E-state index contributed by atoms with van der Waals surface area (Å²) in [5.41, 5.74) is 5.59. The molecule has 1 aromatic carbocycles. The van der Waals surface area contributed by atoms with Gasteiger partial charge in [0.15, 0.2) is 0 Å². The van der Waals surface area contributed by atoms with Crippen LogP contribution in [0.5, 0.6) is 0 Å². The molecule has 3 rings (SSSR count). The first-order chi connectivity index (χ1) is 13.2. The summed E-state index contributed by atoms with van der Waals surface area (Å²) in [7, 11) is 0. The molecular formula is C25H39NO2. The van der Waals surface area contributed by atoms with Crippen LogP contribution in [0.2, 0.25) is 0 Å². The second-order valence-electron chi connectivity index (χ2n) is 9.75. The van der Waals surface area contributed by atoms with E-state index < -0.39 is 0 Å². The maximum absolute atomic E-state index is 12.5. The minimum absolute atomic E-state index is 0.00990. The predicted molar refractivity (Wildman–Crippen MR) is 116 cm³/mol. The van der Waals surface area contributed by atoms with E-state index in [1.165, 1.54) is 28.7 Å². The van der Waals surface area contributed by atoms with Gasteiger partial charge in [-0.3, -0.25) is 4.79 Å². The molecule has 0 aromatic heterocycles. The number of benzene rings is 1. The fourth-order valence-corrected chi connectivity index (χ4v) is 5.03. The van der Waals surface area contributed by atoms with E-state index in [9.17, 15) is 4.79 Å². The van der Waals surface area contributed by atoms with E-state index in [0.717, 1.165) is 19.4 Å². The molecule has 3 nitrogen and oxygen atoms in total. The minimum atomic E-state index is 0.00990. The largest absolute Gasteiger partial charge is 0.368 e. The highest BCUT2D eigenvalue weighted by Gasteiger charge is 2.42. The lowest BCUT2D eigenvalue weighted by Crippen LogP contribution is -2.41. The van der Waals surface area contributed by atoms with Gasteiger partial charge >= 0.3 is 0 Å². The third-order valence-electron chi connectivity index (χ3n) is 6.64. The summed E-state index contributed by atoms with van der Waals surface area (Å²) in [6, 6.07) is 5.07. The zero-order valence-corrected chi connectivity index (χ0v) is 18.9. The van der Waals surface area contributed by atoms with E-state index in [2.05, 4.69) is 65.5 Å². The van der Waals surface area contributed by atoms with E-state index in [-0.39, 0.29) is 24.2 Å². The number of rotatable bonds is 6. The van der Waals surface area contributed by atoms with Gasteiger partial charge in [0.2, 0.25) is 5.91 Å². The molecule has 0 aliphatic carbocycles. The van der Waals surface area contributed by atoms with E-state index in [1.54, 1.807) is 0 Å². The van der Waals surface area contributed by atoms with Gasteiger partial charge in [0.05, 0.1) is 24.7 Å². The summed E-state index contributed by atoms with van der Waals surface area (Å²) in [5, 5.41) is 0. The van der Waals surface area contributed by atoms with Crippen molar-refractivity contribution in [3.05, 3.63) is 34.4 Å². The van der Waals surface area contributed by atoms with Gasteiger partial charge in [0.1, 0.15) is 0 Å². The van der Waals surface area contributed by atoms with Crippen LogP contribution in [0.4, 0.5) is 0 Å². The van der Waals surface area contributed by atoms with Gasteiger partial charge in [-0.25, -0.2) is 0 Å². The van der Waals surface area contributed by atoms with E-state index in [4.69, 9.17) is 4.74 Å². The fourth-order valence-electron chi connectivity index (χ4n) is 5.03. The zero-order valence-electron chi connectivity index (χ0n) is 18.9. The summed E-state index contributed by atoms with van der Waals surface area (Å²) in [4.78, 5) is 14.5. The molecule has 0 N–H and O–H groups in total. The van der Waals surface area contributed by atoms with Crippen molar-refractivity contribution in [2.45, 2.75) is 110 Å². The summed E-state index contributed by atoms with van der Waals surface area (Å²) in [5.74, 6) is 1.70. The van der Waals surface area contributed by atoms with Crippen LogP contribution >= 0.6 is 0 Å². The van der Waals surface area contributed by atoms with Crippen molar-refractivity contribution < 1.29 is 9.53 Å². The predicted octanol–water partition coefficient (Wildman–Crippen LogP) is 6.29. The standard InChI is InChI=1S/C25H39NO2/c1-15(2)19-12-20(16(3)4)25(21(13-19)17(5)6)18(7)28-23-14-24(27)26-11-9-8-10-22(23)26/h12-13,15-18,22-23H,8-11,14H2,1-7H3/t18-,22+,23+/m1/s1. The smallest absolute Gasteiger partial charge is 0.225 e. The van der Waals surface area contributed by atoms with E-state index in [0.29, 0.717) is 24.2 Å². The maximum Gasteiger partial charge on any atom is 0.225 e. The van der Waals surface area contributed by atoms with Crippen LogP contribution in [0.1, 0.15) is 120 Å². The molecule has 0 bridgehead atoms. The quantitative estimate of drug-likeness (QED) is 0.576. The van der Waals surface area contributed by atoms with Gasteiger partial charge in [-0.2, -0.15) is 0 Å². The molecule has 2 aliphatic rings. The molecular weight excluding hydrogens is 346 g/mol. The lowest BCUT2D eigenvalue weighted by Gasteiger charge is -2.34. The first-order valence-corrected chi connectivity index (χ1v) is 11.3. The van der Waals surface area contributed by atoms with Gasteiger partial charge in [0.25, 0.3) is 0 Å². The van der Waals surface area contributed by atoms with Crippen molar-refractivity contribution in [1.29, 1.82) is 0 Å². The molecule has 2 aliphatic heterocycles. The first kappa shape index (κ1) is 21.4. The van der Waals surface area contributed by atoms with E-state index >= 15 is 0 Å². The van der Waals surface area contributed by atoms with Crippen LogP contribution in [-0.2, 0) is 9.53 Å². The molecule has 1 amide bonds. The highest BCUT2D eigenvalue weighted by Crippen LogP contribution is 2.39. The van der Waals surface area contributed by atoms with Crippen LogP contribution in [-0.4, -0.2) is 29.5 Å². The Morgan fingerprint density at radius 2 is 1.54 bits per heavy atom. The van der Waals surface area contributed by atoms with Crippen LogP contribution in [0.25, 0.3) is 0 Å². The second-order valence-corrected chi connectivity index (χ2v) is 9.75. The molecule has 3 heteroatoms. The molecule has 1 aromatic rings. The monoisotopic (exact) mass is 385 g/mol.